The number of imidazole rings is 1. The second-order valence-electron chi connectivity index (χ2n) is 4.12. The van der Waals surface area contributed by atoms with Crippen LogP contribution in [0, 0.1) is 0 Å². The molecule has 0 atom stereocenters. The average molecular weight is 226 g/mol. The first-order valence-electron chi connectivity index (χ1n) is 5.46. The van der Waals surface area contributed by atoms with Crippen molar-refractivity contribution in [2.75, 3.05) is 0 Å². The molecule has 0 N–H and O–H groups in total. The Labute approximate surface area is 97.2 Å². The van der Waals surface area contributed by atoms with Gasteiger partial charge < -0.3 is 0 Å². The monoisotopic (exact) mass is 226 g/mol. The van der Waals surface area contributed by atoms with Gasteiger partial charge in [0.25, 0.3) is 0 Å². The third-order valence-corrected chi connectivity index (χ3v) is 4.02. The van der Waals surface area contributed by atoms with Crippen molar-refractivity contribution in [2.45, 2.75) is 12.8 Å². The SMILES string of the molecule is c1ccc2c(c1)CCc1c-2nc2sccn12. The Bertz CT molecular complexity index is 678. The number of rotatable bonds is 0. The van der Waals surface area contributed by atoms with Crippen LogP contribution in [0.5, 0.6) is 0 Å². The van der Waals surface area contributed by atoms with Crippen molar-refractivity contribution < 1.29 is 0 Å². The van der Waals surface area contributed by atoms with Crippen molar-refractivity contribution in [3.05, 3.63) is 47.1 Å². The van der Waals surface area contributed by atoms with Gasteiger partial charge in [-0.3, -0.25) is 4.40 Å². The van der Waals surface area contributed by atoms with E-state index >= 15 is 0 Å². The van der Waals surface area contributed by atoms with Gasteiger partial charge in [-0.1, -0.05) is 24.3 Å². The zero-order valence-corrected chi connectivity index (χ0v) is 9.50. The van der Waals surface area contributed by atoms with Crippen molar-refractivity contribution in [2.24, 2.45) is 0 Å². The maximum atomic E-state index is 4.74. The molecule has 2 aromatic heterocycles. The van der Waals surface area contributed by atoms with E-state index in [0.29, 0.717) is 0 Å². The second-order valence-corrected chi connectivity index (χ2v) is 4.99. The molecule has 0 unspecified atom stereocenters. The number of fused-ring (bicyclic) bond motifs is 5. The molecule has 0 aliphatic heterocycles. The van der Waals surface area contributed by atoms with E-state index in [4.69, 9.17) is 4.98 Å². The summed E-state index contributed by atoms with van der Waals surface area (Å²) in [7, 11) is 0. The fourth-order valence-corrected chi connectivity index (χ4v) is 3.24. The quantitative estimate of drug-likeness (QED) is 0.575. The van der Waals surface area contributed by atoms with Gasteiger partial charge >= 0.3 is 0 Å². The summed E-state index contributed by atoms with van der Waals surface area (Å²) >= 11 is 1.71. The number of aromatic nitrogens is 2. The van der Waals surface area contributed by atoms with Crippen LogP contribution in [0.15, 0.2) is 35.8 Å². The molecule has 78 valence electrons. The molecule has 4 rings (SSSR count). The van der Waals surface area contributed by atoms with Gasteiger partial charge in [0.15, 0.2) is 4.96 Å². The molecule has 2 nitrogen and oxygen atoms in total. The molecule has 0 fully saturated rings. The zero-order chi connectivity index (χ0) is 10.5. The van der Waals surface area contributed by atoms with Crippen molar-refractivity contribution in [1.29, 1.82) is 0 Å². The lowest BCUT2D eigenvalue weighted by molar-refractivity contribution is 0.884. The Hall–Kier alpha value is -1.61. The first kappa shape index (κ1) is 8.53. The first-order chi connectivity index (χ1) is 7.93. The summed E-state index contributed by atoms with van der Waals surface area (Å²) in [6.45, 7) is 0. The Morgan fingerprint density at radius 1 is 1.19 bits per heavy atom. The van der Waals surface area contributed by atoms with E-state index in [2.05, 4.69) is 40.2 Å². The number of hydrogen-bond acceptors (Lipinski definition) is 2. The molecular formula is C13H10N2S. The lowest BCUT2D eigenvalue weighted by Gasteiger charge is -2.14. The van der Waals surface area contributed by atoms with Crippen LogP contribution in [-0.2, 0) is 12.8 Å². The van der Waals surface area contributed by atoms with E-state index in [1.807, 2.05) is 0 Å². The normalized spacial score (nSPS) is 13.8. The number of nitrogens with zero attached hydrogens (tertiary/aromatic N) is 2. The molecule has 1 aromatic carbocycles. The smallest absolute Gasteiger partial charge is 0.194 e. The summed E-state index contributed by atoms with van der Waals surface area (Å²) in [5.74, 6) is 0. The molecule has 0 radical (unpaired) electrons. The topological polar surface area (TPSA) is 17.3 Å². The van der Waals surface area contributed by atoms with Crippen LogP contribution < -0.4 is 0 Å². The minimum atomic E-state index is 1.10. The number of thiazole rings is 1. The minimum absolute atomic E-state index is 1.10. The van der Waals surface area contributed by atoms with Gasteiger partial charge in [-0.15, -0.1) is 11.3 Å². The fraction of sp³-hybridized carbons (Fsp3) is 0.154. The van der Waals surface area contributed by atoms with Gasteiger partial charge in [-0.05, 0) is 18.4 Å². The highest BCUT2D eigenvalue weighted by Gasteiger charge is 2.21. The molecule has 0 bridgehead atoms. The van der Waals surface area contributed by atoms with Crippen molar-refractivity contribution in [3.63, 3.8) is 0 Å². The third kappa shape index (κ3) is 0.985. The molecule has 0 amide bonds. The van der Waals surface area contributed by atoms with Gasteiger partial charge in [0.1, 0.15) is 0 Å². The van der Waals surface area contributed by atoms with Crippen LogP contribution in [0.1, 0.15) is 11.3 Å². The highest BCUT2D eigenvalue weighted by molar-refractivity contribution is 7.15. The maximum Gasteiger partial charge on any atom is 0.194 e. The molecule has 0 saturated heterocycles. The standard InChI is InChI=1S/C13H10N2S/c1-2-4-10-9(3-1)5-6-11-12(10)14-13-15(11)7-8-16-13/h1-4,7-8H,5-6H2. The molecule has 0 spiro atoms. The fourth-order valence-electron chi connectivity index (χ4n) is 2.51. The molecule has 1 aliphatic carbocycles. The summed E-state index contributed by atoms with van der Waals surface area (Å²) in [6.07, 6.45) is 4.36. The summed E-state index contributed by atoms with van der Waals surface area (Å²) in [5, 5.41) is 2.10. The summed E-state index contributed by atoms with van der Waals surface area (Å²) in [5.41, 5.74) is 5.31. The first-order valence-corrected chi connectivity index (χ1v) is 6.34. The Morgan fingerprint density at radius 3 is 3.12 bits per heavy atom. The summed E-state index contributed by atoms with van der Waals surface area (Å²) in [6, 6.07) is 8.61. The van der Waals surface area contributed by atoms with Crippen LogP contribution in [0.4, 0.5) is 0 Å². The minimum Gasteiger partial charge on any atom is -0.294 e. The number of hydrogen-bond donors (Lipinski definition) is 0. The van der Waals surface area contributed by atoms with E-state index < -0.39 is 0 Å². The number of benzene rings is 1. The van der Waals surface area contributed by atoms with Gasteiger partial charge in [0, 0.05) is 17.1 Å². The number of aryl methyl sites for hydroxylation is 2. The van der Waals surface area contributed by atoms with E-state index in [9.17, 15) is 0 Å². The Kier molecular flexibility index (Phi) is 1.57. The van der Waals surface area contributed by atoms with Crippen LogP contribution in [0.25, 0.3) is 16.2 Å². The van der Waals surface area contributed by atoms with E-state index in [1.165, 1.54) is 22.5 Å². The molecule has 3 aromatic rings. The van der Waals surface area contributed by atoms with Gasteiger partial charge in [0.2, 0.25) is 0 Å². The molecular weight excluding hydrogens is 216 g/mol. The van der Waals surface area contributed by atoms with Crippen molar-refractivity contribution >= 4 is 16.3 Å². The van der Waals surface area contributed by atoms with Crippen LogP contribution >= 0.6 is 11.3 Å². The molecule has 2 heterocycles. The summed E-state index contributed by atoms with van der Waals surface area (Å²) in [4.78, 5) is 5.85. The molecule has 3 heteroatoms. The van der Waals surface area contributed by atoms with E-state index in [-0.39, 0.29) is 0 Å². The van der Waals surface area contributed by atoms with E-state index in [1.54, 1.807) is 11.3 Å². The second kappa shape index (κ2) is 2.95. The van der Waals surface area contributed by atoms with Gasteiger partial charge in [0.05, 0.1) is 11.4 Å². The average Bonchev–Trinajstić information content (AvgIpc) is 2.88. The van der Waals surface area contributed by atoms with Crippen LogP contribution in [-0.4, -0.2) is 9.38 Å². The molecule has 16 heavy (non-hydrogen) atoms. The predicted octanol–water partition coefficient (Wildman–Crippen LogP) is 3.16. The molecule has 1 aliphatic rings. The zero-order valence-electron chi connectivity index (χ0n) is 8.68. The highest BCUT2D eigenvalue weighted by atomic mass is 32.1. The third-order valence-electron chi connectivity index (χ3n) is 3.26. The van der Waals surface area contributed by atoms with Gasteiger partial charge in [-0.25, -0.2) is 4.98 Å². The van der Waals surface area contributed by atoms with Gasteiger partial charge in [-0.2, -0.15) is 0 Å². The lowest BCUT2D eigenvalue weighted by Crippen LogP contribution is -2.04. The largest absolute Gasteiger partial charge is 0.294 e. The Balaban J connectivity index is 2.10. The highest BCUT2D eigenvalue weighted by Crippen LogP contribution is 2.34. The lowest BCUT2D eigenvalue weighted by atomic mass is 9.92. The van der Waals surface area contributed by atoms with Crippen LogP contribution in [0.3, 0.4) is 0 Å². The predicted molar refractivity (Wildman–Crippen MR) is 65.9 cm³/mol. The Morgan fingerprint density at radius 2 is 2.12 bits per heavy atom. The van der Waals surface area contributed by atoms with Crippen LogP contribution in [0.2, 0.25) is 0 Å². The summed E-state index contributed by atoms with van der Waals surface area (Å²) < 4.78 is 2.23. The maximum absolute atomic E-state index is 4.74. The van der Waals surface area contributed by atoms with Crippen molar-refractivity contribution in [1.82, 2.24) is 9.38 Å². The van der Waals surface area contributed by atoms with E-state index in [0.717, 1.165) is 17.8 Å². The van der Waals surface area contributed by atoms with Crippen molar-refractivity contribution in [3.8, 4) is 11.3 Å². The molecule has 0 saturated carbocycles.